The molecule has 2 saturated heterocycles. The average Bonchev–Trinajstić information content (AvgIpc) is 3.09. The van der Waals surface area contributed by atoms with E-state index in [2.05, 4.69) is 4.90 Å². The van der Waals surface area contributed by atoms with Crippen LogP contribution in [0.25, 0.3) is 0 Å². The van der Waals surface area contributed by atoms with Crippen molar-refractivity contribution >= 4 is 17.5 Å². The highest BCUT2D eigenvalue weighted by molar-refractivity contribution is 6.22. The van der Waals surface area contributed by atoms with Crippen molar-refractivity contribution in [2.45, 2.75) is 38.1 Å². The van der Waals surface area contributed by atoms with Crippen LogP contribution >= 0.6 is 0 Å². The largest absolute Gasteiger partial charge is 0.291 e. The van der Waals surface area contributed by atoms with Crippen molar-refractivity contribution in [3.8, 4) is 0 Å². The van der Waals surface area contributed by atoms with Crippen molar-refractivity contribution in [3.05, 3.63) is 30.1 Å². The van der Waals surface area contributed by atoms with Gasteiger partial charge in [-0.1, -0.05) is 12.8 Å². The van der Waals surface area contributed by atoms with Crippen LogP contribution in [0.1, 0.15) is 32.1 Å². The Kier molecular flexibility index (Phi) is 3.68. The molecule has 4 nitrogen and oxygen atoms in total. The fourth-order valence-electron chi connectivity index (χ4n) is 4.46. The van der Waals surface area contributed by atoms with Crippen LogP contribution in [-0.4, -0.2) is 35.8 Å². The third-order valence-corrected chi connectivity index (χ3v) is 5.65. The van der Waals surface area contributed by atoms with Gasteiger partial charge < -0.3 is 0 Å². The lowest BCUT2D eigenvalue weighted by atomic mass is 9.82. The normalized spacial score (nSPS) is 31.7. The summed E-state index contributed by atoms with van der Waals surface area (Å²) in [6, 6.07) is 5.23. The fraction of sp³-hybridized carbons (Fsp3) is 0.556. The minimum absolute atomic E-state index is 0.153. The van der Waals surface area contributed by atoms with Crippen LogP contribution in [0.3, 0.4) is 0 Å². The van der Waals surface area contributed by atoms with E-state index in [0.29, 0.717) is 17.5 Å². The predicted octanol–water partition coefficient (Wildman–Crippen LogP) is 2.58. The summed E-state index contributed by atoms with van der Waals surface area (Å²) < 4.78 is 13.1. The van der Waals surface area contributed by atoms with E-state index in [0.717, 1.165) is 13.1 Å². The van der Waals surface area contributed by atoms with Crippen LogP contribution in [0.5, 0.6) is 0 Å². The minimum Gasteiger partial charge on any atom is -0.291 e. The Morgan fingerprint density at radius 3 is 2.17 bits per heavy atom. The SMILES string of the molecule is O=C1C[C@H](N2C[C@@H]3CCCC[C@H]3C2)C(=O)N1c1ccc(F)cc1. The van der Waals surface area contributed by atoms with Crippen LogP contribution in [0.4, 0.5) is 10.1 Å². The number of fused-ring (bicyclic) bond motifs is 1. The summed E-state index contributed by atoms with van der Waals surface area (Å²) in [4.78, 5) is 28.5. The Morgan fingerprint density at radius 1 is 0.957 bits per heavy atom. The molecule has 3 fully saturated rings. The minimum atomic E-state index is -0.368. The van der Waals surface area contributed by atoms with Crippen molar-refractivity contribution in [3.63, 3.8) is 0 Å². The maximum absolute atomic E-state index is 13.1. The number of halogens is 1. The molecule has 3 atom stereocenters. The highest BCUT2D eigenvalue weighted by atomic mass is 19.1. The summed E-state index contributed by atoms with van der Waals surface area (Å²) in [5.41, 5.74) is 0.473. The smallest absolute Gasteiger partial charge is 0.251 e. The van der Waals surface area contributed by atoms with E-state index in [1.54, 1.807) is 0 Å². The molecule has 0 spiro atoms. The fourth-order valence-corrected chi connectivity index (χ4v) is 4.46. The van der Waals surface area contributed by atoms with Gasteiger partial charge in [0, 0.05) is 13.1 Å². The van der Waals surface area contributed by atoms with Crippen LogP contribution in [-0.2, 0) is 9.59 Å². The number of hydrogen-bond donors (Lipinski definition) is 0. The van der Waals surface area contributed by atoms with Gasteiger partial charge in [0.15, 0.2) is 0 Å². The number of imide groups is 1. The topological polar surface area (TPSA) is 40.6 Å². The second-order valence-corrected chi connectivity index (χ2v) is 7.02. The monoisotopic (exact) mass is 316 g/mol. The first-order chi connectivity index (χ1) is 11.1. The van der Waals surface area contributed by atoms with Gasteiger partial charge in [-0.3, -0.25) is 14.5 Å². The molecule has 3 aliphatic rings. The molecular weight excluding hydrogens is 295 g/mol. The number of carbonyl (C=O) groups excluding carboxylic acids is 2. The van der Waals surface area contributed by atoms with Gasteiger partial charge in [-0.25, -0.2) is 9.29 Å². The van der Waals surface area contributed by atoms with Gasteiger partial charge >= 0.3 is 0 Å². The molecule has 1 aliphatic carbocycles. The number of nitrogens with zero attached hydrogens (tertiary/aromatic N) is 2. The van der Waals surface area contributed by atoms with Crippen molar-refractivity contribution in [1.82, 2.24) is 4.90 Å². The zero-order valence-electron chi connectivity index (χ0n) is 13.1. The molecule has 2 aliphatic heterocycles. The van der Waals surface area contributed by atoms with E-state index < -0.39 is 0 Å². The molecule has 0 unspecified atom stereocenters. The molecule has 2 amide bonds. The first kappa shape index (κ1) is 14.8. The number of rotatable bonds is 2. The lowest BCUT2D eigenvalue weighted by molar-refractivity contribution is -0.122. The first-order valence-electron chi connectivity index (χ1n) is 8.50. The molecule has 1 aromatic carbocycles. The third-order valence-electron chi connectivity index (χ3n) is 5.65. The Morgan fingerprint density at radius 2 is 1.57 bits per heavy atom. The Hall–Kier alpha value is -1.75. The van der Waals surface area contributed by atoms with Crippen molar-refractivity contribution in [1.29, 1.82) is 0 Å². The summed E-state index contributed by atoms with van der Waals surface area (Å²) in [5.74, 6) is 0.674. The van der Waals surface area contributed by atoms with Crippen molar-refractivity contribution < 1.29 is 14.0 Å². The molecule has 0 bridgehead atoms. The lowest BCUT2D eigenvalue weighted by Gasteiger charge is -2.23. The molecule has 1 aromatic rings. The number of carbonyl (C=O) groups is 2. The number of hydrogen-bond acceptors (Lipinski definition) is 3. The molecule has 2 heterocycles. The average molecular weight is 316 g/mol. The van der Waals surface area contributed by atoms with Gasteiger partial charge in [0.1, 0.15) is 5.82 Å². The van der Waals surface area contributed by atoms with Gasteiger partial charge in [0.2, 0.25) is 5.91 Å². The van der Waals surface area contributed by atoms with Crippen LogP contribution < -0.4 is 4.90 Å². The Bertz CT molecular complexity index is 616. The highest BCUT2D eigenvalue weighted by Crippen LogP contribution is 2.38. The molecule has 122 valence electrons. The Balaban J connectivity index is 1.52. The van der Waals surface area contributed by atoms with E-state index in [4.69, 9.17) is 0 Å². The van der Waals surface area contributed by atoms with Gasteiger partial charge in [0.05, 0.1) is 18.2 Å². The molecule has 0 aromatic heterocycles. The van der Waals surface area contributed by atoms with Crippen LogP contribution in [0, 0.1) is 17.7 Å². The van der Waals surface area contributed by atoms with Crippen molar-refractivity contribution in [2.24, 2.45) is 11.8 Å². The maximum atomic E-state index is 13.1. The molecule has 1 saturated carbocycles. The van der Waals surface area contributed by atoms with E-state index >= 15 is 0 Å². The summed E-state index contributed by atoms with van der Waals surface area (Å²) in [6.07, 6.45) is 5.31. The summed E-state index contributed by atoms with van der Waals surface area (Å²) in [6.45, 7) is 1.87. The first-order valence-corrected chi connectivity index (χ1v) is 8.50. The lowest BCUT2D eigenvalue weighted by Crippen LogP contribution is -2.41. The van der Waals surface area contributed by atoms with E-state index in [9.17, 15) is 14.0 Å². The van der Waals surface area contributed by atoms with Crippen LogP contribution in [0.15, 0.2) is 24.3 Å². The van der Waals surface area contributed by atoms with Gasteiger partial charge in [-0.05, 0) is 48.9 Å². The van der Waals surface area contributed by atoms with E-state index in [-0.39, 0.29) is 30.1 Å². The zero-order valence-corrected chi connectivity index (χ0v) is 13.1. The molecule has 5 heteroatoms. The second kappa shape index (κ2) is 5.71. The quantitative estimate of drug-likeness (QED) is 0.788. The second-order valence-electron chi connectivity index (χ2n) is 7.02. The molecule has 23 heavy (non-hydrogen) atoms. The number of likely N-dealkylation sites (tertiary alicyclic amines) is 1. The van der Waals surface area contributed by atoms with Crippen molar-refractivity contribution in [2.75, 3.05) is 18.0 Å². The molecular formula is C18H21FN2O2. The van der Waals surface area contributed by atoms with E-state index in [1.807, 2.05) is 0 Å². The maximum Gasteiger partial charge on any atom is 0.251 e. The summed E-state index contributed by atoms with van der Waals surface area (Å²) in [5, 5.41) is 0. The molecule has 0 radical (unpaired) electrons. The summed E-state index contributed by atoms with van der Waals surface area (Å²) >= 11 is 0. The number of benzene rings is 1. The molecule has 0 N–H and O–H groups in total. The third kappa shape index (κ3) is 2.57. The number of anilines is 1. The standard InChI is InChI=1S/C18H21FN2O2/c19-14-5-7-15(8-6-14)21-17(22)9-16(18(21)23)20-10-12-3-1-2-4-13(12)11-20/h5-8,12-13,16H,1-4,9-11H2/t12-,13-,16-/m0/s1. The van der Waals surface area contributed by atoms with Gasteiger partial charge in [-0.15, -0.1) is 0 Å². The van der Waals surface area contributed by atoms with E-state index in [1.165, 1.54) is 54.8 Å². The summed E-state index contributed by atoms with van der Waals surface area (Å²) in [7, 11) is 0. The van der Waals surface area contributed by atoms with Crippen LogP contribution in [0.2, 0.25) is 0 Å². The number of amides is 2. The van der Waals surface area contributed by atoms with Gasteiger partial charge in [-0.2, -0.15) is 0 Å². The predicted molar refractivity (Wildman–Crippen MR) is 84.3 cm³/mol. The zero-order chi connectivity index (χ0) is 16.0. The van der Waals surface area contributed by atoms with Gasteiger partial charge in [0.25, 0.3) is 5.91 Å². The highest BCUT2D eigenvalue weighted by Gasteiger charge is 2.46. The Labute approximate surface area is 135 Å². The molecule has 4 rings (SSSR count).